The van der Waals surface area contributed by atoms with E-state index in [9.17, 15) is 19.2 Å². The smallest absolute Gasteiger partial charge is 0.270 e. The molecule has 1 aliphatic carbocycles. The van der Waals surface area contributed by atoms with Crippen LogP contribution < -0.4 is 16.0 Å². The van der Waals surface area contributed by atoms with E-state index in [2.05, 4.69) is 25.9 Å². The highest BCUT2D eigenvalue weighted by Crippen LogP contribution is 2.28. The predicted octanol–water partition coefficient (Wildman–Crippen LogP) is 3.09. The number of anilines is 1. The molecule has 2 aromatic rings. The van der Waals surface area contributed by atoms with Crippen LogP contribution in [0.2, 0.25) is 5.02 Å². The first-order valence-corrected chi connectivity index (χ1v) is 15.8. The Morgan fingerprint density at radius 3 is 2.37 bits per heavy atom. The molecule has 1 aromatic carbocycles. The first kappa shape index (κ1) is 32.5. The van der Waals surface area contributed by atoms with E-state index in [1.54, 1.807) is 47.0 Å². The lowest BCUT2D eigenvalue weighted by Crippen LogP contribution is -2.54. The van der Waals surface area contributed by atoms with Crippen LogP contribution in [0.4, 0.5) is 5.69 Å². The Morgan fingerprint density at radius 2 is 1.72 bits per heavy atom. The number of nitrogens with zero attached hydrogens (tertiary/aromatic N) is 4. The zero-order valence-corrected chi connectivity index (χ0v) is 26.2. The minimum Gasteiger partial charge on any atom is -0.344 e. The monoisotopic (exact) mass is 613 g/mol. The van der Waals surface area contributed by atoms with Gasteiger partial charge >= 0.3 is 0 Å². The maximum atomic E-state index is 13.6. The highest BCUT2D eigenvalue weighted by molar-refractivity contribution is 6.31. The van der Waals surface area contributed by atoms with Crippen molar-refractivity contribution in [3.05, 3.63) is 46.7 Å². The van der Waals surface area contributed by atoms with Gasteiger partial charge in [-0.05, 0) is 56.5 Å². The summed E-state index contributed by atoms with van der Waals surface area (Å²) >= 11 is 6.68. The summed E-state index contributed by atoms with van der Waals surface area (Å²) in [6.45, 7) is 6.96. The van der Waals surface area contributed by atoms with Gasteiger partial charge in [0.05, 0.1) is 0 Å². The van der Waals surface area contributed by atoms with Gasteiger partial charge in [0.15, 0.2) is 0 Å². The molecule has 0 bridgehead atoms. The second-order valence-corrected chi connectivity index (χ2v) is 11.9. The van der Waals surface area contributed by atoms with Crippen LogP contribution in [0.5, 0.6) is 0 Å². The average molecular weight is 614 g/mol. The van der Waals surface area contributed by atoms with Crippen molar-refractivity contribution in [1.29, 1.82) is 0 Å². The fourth-order valence-electron chi connectivity index (χ4n) is 5.83. The Balaban J connectivity index is 1.47. The molecule has 0 spiro atoms. The number of hydrogen-bond donors (Lipinski definition) is 3. The molecule has 2 heterocycles. The SMILES string of the molecule is CCC(=O)N[C@H](Cc1ccc(NC(=O)[C@@H](NC(=O)c2ccnn2CC)C2CCCCC2)cc1Cl)C(=O)N1CCN(C)CC1. The van der Waals surface area contributed by atoms with Gasteiger partial charge in [0.1, 0.15) is 17.8 Å². The summed E-state index contributed by atoms with van der Waals surface area (Å²) in [5, 5.41) is 13.4. The zero-order valence-electron chi connectivity index (χ0n) is 25.4. The largest absolute Gasteiger partial charge is 0.344 e. The Hall–Kier alpha value is -3.44. The lowest BCUT2D eigenvalue weighted by Gasteiger charge is -2.35. The molecule has 12 heteroatoms. The first-order valence-electron chi connectivity index (χ1n) is 15.4. The van der Waals surface area contributed by atoms with Gasteiger partial charge in [0.25, 0.3) is 5.91 Å². The van der Waals surface area contributed by atoms with Crippen molar-refractivity contribution in [3.8, 4) is 0 Å². The first-order chi connectivity index (χ1) is 20.7. The molecule has 43 heavy (non-hydrogen) atoms. The lowest BCUT2D eigenvalue weighted by molar-refractivity contribution is -0.137. The van der Waals surface area contributed by atoms with Crippen LogP contribution in [0, 0.1) is 5.92 Å². The maximum absolute atomic E-state index is 13.6. The summed E-state index contributed by atoms with van der Waals surface area (Å²) in [7, 11) is 2.02. The number of hydrogen-bond acceptors (Lipinski definition) is 6. The van der Waals surface area contributed by atoms with Crippen molar-refractivity contribution in [3.63, 3.8) is 0 Å². The molecule has 2 fully saturated rings. The van der Waals surface area contributed by atoms with Crippen LogP contribution >= 0.6 is 11.6 Å². The molecule has 1 aromatic heterocycles. The number of piperazine rings is 1. The highest BCUT2D eigenvalue weighted by Gasteiger charge is 2.32. The van der Waals surface area contributed by atoms with Gasteiger partial charge in [0.2, 0.25) is 17.7 Å². The summed E-state index contributed by atoms with van der Waals surface area (Å²) in [6, 6.07) is 5.37. The number of likely N-dealkylation sites (N-methyl/N-ethyl adjacent to an activating group) is 1. The number of aromatic nitrogens is 2. The molecule has 1 aliphatic heterocycles. The van der Waals surface area contributed by atoms with Crippen molar-refractivity contribution < 1.29 is 19.2 Å². The number of benzene rings is 1. The van der Waals surface area contributed by atoms with Gasteiger partial charge < -0.3 is 25.8 Å². The van der Waals surface area contributed by atoms with Gasteiger partial charge in [-0.2, -0.15) is 5.10 Å². The van der Waals surface area contributed by atoms with E-state index < -0.39 is 12.1 Å². The van der Waals surface area contributed by atoms with Crippen LogP contribution in [-0.4, -0.2) is 88.5 Å². The van der Waals surface area contributed by atoms with Crippen LogP contribution in [0.15, 0.2) is 30.5 Å². The van der Waals surface area contributed by atoms with Gasteiger partial charge in [-0.15, -0.1) is 0 Å². The number of rotatable bonds is 11. The number of carbonyl (C=O) groups is 4. The van der Waals surface area contributed by atoms with Crippen molar-refractivity contribution in [1.82, 2.24) is 30.2 Å². The van der Waals surface area contributed by atoms with Crippen LogP contribution in [0.1, 0.15) is 68.4 Å². The van der Waals surface area contributed by atoms with Crippen molar-refractivity contribution in [2.45, 2.75) is 77.4 Å². The minimum atomic E-state index is -0.740. The van der Waals surface area contributed by atoms with E-state index >= 15 is 0 Å². The molecule has 2 atom stereocenters. The molecule has 1 saturated carbocycles. The molecular formula is C31H44ClN7O4. The van der Waals surface area contributed by atoms with E-state index in [4.69, 9.17) is 11.6 Å². The molecule has 2 aliphatic rings. The van der Waals surface area contributed by atoms with Gasteiger partial charge in [-0.1, -0.05) is 43.9 Å². The van der Waals surface area contributed by atoms with Crippen molar-refractivity contribution >= 4 is 40.9 Å². The summed E-state index contributed by atoms with van der Waals surface area (Å²) in [5.41, 5.74) is 1.60. The molecule has 1 saturated heterocycles. The summed E-state index contributed by atoms with van der Waals surface area (Å²) in [4.78, 5) is 56.4. The normalized spacial score (nSPS) is 17.6. The molecule has 3 N–H and O–H groups in total. The highest BCUT2D eigenvalue weighted by atomic mass is 35.5. The molecule has 4 rings (SSSR count). The summed E-state index contributed by atoms with van der Waals surface area (Å²) in [5.74, 6) is -0.938. The number of amides is 4. The van der Waals surface area contributed by atoms with Crippen molar-refractivity contribution in [2.24, 2.45) is 5.92 Å². The van der Waals surface area contributed by atoms with E-state index in [1.165, 1.54) is 0 Å². The molecule has 0 radical (unpaired) electrons. The molecular weight excluding hydrogens is 570 g/mol. The van der Waals surface area contributed by atoms with Gasteiger partial charge in [-0.25, -0.2) is 0 Å². The molecule has 11 nitrogen and oxygen atoms in total. The third kappa shape index (κ3) is 8.57. The fraction of sp³-hybridized carbons (Fsp3) is 0.581. The summed E-state index contributed by atoms with van der Waals surface area (Å²) < 4.78 is 1.61. The minimum absolute atomic E-state index is 0.0222. The topological polar surface area (TPSA) is 129 Å². The predicted molar refractivity (Wildman–Crippen MR) is 166 cm³/mol. The second kappa shape index (κ2) is 15.3. The number of aryl methyl sites for hydroxylation is 1. The zero-order chi connectivity index (χ0) is 30.9. The second-order valence-electron chi connectivity index (χ2n) is 11.5. The van der Waals surface area contributed by atoms with E-state index in [1.807, 2.05) is 14.0 Å². The van der Waals surface area contributed by atoms with Crippen LogP contribution in [-0.2, 0) is 27.3 Å². The Labute approximate surface area is 258 Å². The lowest BCUT2D eigenvalue weighted by atomic mass is 9.83. The molecule has 4 amide bonds. The van der Waals surface area contributed by atoms with Crippen molar-refractivity contribution in [2.75, 3.05) is 38.5 Å². The quantitative estimate of drug-likeness (QED) is 0.357. The number of carbonyl (C=O) groups excluding carboxylic acids is 4. The number of nitrogens with one attached hydrogen (secondary N) is 3. The Kier molecular flexibility index (Phi) is 11.6. The van der Waals surface area contributed by atoms with Crippen LogP contribution in [0.25, 0.3) is 0 Å². The third-order valence-electron chi connectivity index (χ3n) is 8.45. The van der Waals surface area contributed by atoms with Crippen LogP contribution in [0.3, 0.4) is 0 Å². The maximum Gasteiger partial charge on any atom is 0.270 e. The van der Waals surface area contributed by atoms with Gasteiger partial charge in [-0.3, -0.25) is 23.9 Å². The van der Waals surface area contributed by atoms with E-state index in [-0.39, 0.29) is 42.4 Å². The Morgan fingerprint density at radius 1 is 1.00 bits per heavy atom. The molecule has 234 valence electrons. The third-order valence-corrected chi connectivity index (χ3v) is 8.80. The Bertz CT molecular complexity index is 1280. The summed E-state index contributed by atoms with van der Waals surface area (Å²) in [6.07, 6.45) is 6.94. The van der Waals surface area contributed by atoms with E-state index in [0.29, 0.717) is 41.6 Å². The van der Waals surface area contributed by atoms with Gasteiger partial charge in [0, 0.05) is 62.5 Å². The standard InChI is InChI=1S/C31H44ClN7O4/c1-4-27(40)35-25(31(43)38-17-15-37(3)16-18-38)19-22-11-12-23(20-24(22)32)34-30(42)28(21-9-7-6-8-10-21)36-29(41)26-13-14-33-39(26)5-2/h11-14,20-21,25,28H,4-10,15-19H2,1-3H3,(H,34,42)(H,35,40)(H,36,41)/t25-,28+/m1/s1. The fourth-order valence-corrected chi connectivity index (χ4v) is 6.09. The van der Waals surface area contributed by atoms with E-state index in [0.717, 1.165) is 45.2 Å². The molecule has 0 unspecified atom stereocenters. The number of halogens is 1. The average Bonchev–Trinajstić information content (AvgIpc) is 3.50.